The number of hydrogen-bond donors (Lipinski definition) is 2. The number of rotatable bonds is 6. The number of phenols is 2. The smallest absolute Gasteiger partial charge is 0.137 e. The highest BCUT2D eigenvalue weighted by Crippen LogP contribution is 2.47. The number of halogens is 4. The summed E-state index contributed by atoms with van der Waals surface area (Å²) in [6.45, 7) is 0. The fraction of sp³-hybridized carbons (Fsp3) is 0.0400. The molecule has 0 atom stereocenters. The van der Waals surface area contributed by atoms with Gasteiger partial charge in [0.15, 0.2) is 0 Å². The first-order chi connectivity index (χ1) is 15.8. The van der Waals surface area contributed by atoms with Crippen molar-refractivity contribution in [2.24, 2.45) is 0 Å². The number of phenolic OH excluding ortho intramolecular Hbond substituents is 2. The molecule has 2 N–H and O–H groups in total. The van der Waals surface area contributed by atoms with Crippen molar-refractivity contribution in [2.45, 2.75) is 5.54 Å². The molecule has 0 heterocycles. The van der Waals surface area contributed by atoms with Crippen molar-refractivity contribution in [3.63, 3.8) is 0 Å². The second kappa shape index (κ2) is 11.2. The Kier molecular flexibility index (Phi) is 8.53. The second-order valence-electron chi connectivity index (χ2n) is 7.23. The predicted octanol–water partition coefficient (Wildman–Crippen LogP) is 7.99. The Morgan fingerprint density at radius 3 is 1.39 bits per heavy atom. The van der Waals surface area contributed by atoms with Gasteiger partial charge in [0.2, 0.25) is 0 Å². The maximum absolute atomic E-state index is 11.1. The van der Waals surface area contributed by atoms with Crippen LogP contribution in [0.2, 0.25) is 0 Å². The fourth-order valence-corrected chi connectivity index (χ4v) is 12.8. The van der Waals surface area contributed by atoms with E-state index in [0.717, 1.165) is 19.6 Å². The topological polar surface area (TPSA) is 40.5 Å². The normalized spacial score (nSPS) is 11.3. The summed E-state index contributed by atoms with van der Waals surface area (Å²) in [5.74, 6) is 0.402. The molecule has 8 heteroatoms. The van der Waals surface area contributed by atoms with E-state index >= 15 is 0 Å². The van der Waals surface area contributed by atoms with E-state index in [0.29, 0.717) is 18.1 Å². The molecule has 2 radical (unpaired) electrons. The Morgan fingerprint density at radius 1 is 0.606 bits per heavy atom. The Bertz CT molecular complexity index is 1180. The summed E-state index contributed by atoms with van der Waals surface area (Å²) in [5, 5.41) is 23.8. The zero-order valence-corrected chi connectivity index (χ0v) is 25.3. The summed E-state index contributed by atoms with van der Waals surface area (Å²) in [6, 6.07) is 28.4. The Labute approximate surface area is 230 Å². The van der Waals surface area contributed by atoms with Crippen LogP contribution in [0, 0.1) is 0 Å². The fourth-order valence-electron chi connectivity index (χ4n) is 3.48. The summed E-state index contributed by atoms with van der Waals surface area (Å²) in [7, 11) is -0.772. The van der Waals surface area contributed by atoms with E-state index in [-0.39, 0.29) is 17.0 Å². The lowest BCUT2D eigenvalue weighted by Crippen LogP contribution is -2.22. The largest absolute Gasteiger partial charge is 0.506 e. The Morgan fingerprint density at radius 2 is 1.00 bits per heavy atom. The summed E-state index contributed by atoms with van der Waals surface area (Å²) in [4.78, 5) is 0. The molecule has 0 saturated carbocycles. The van der Waals surface area contributed by atoms with E-state index in [1.165, 1.54) is 11.1 Å². The zero-order valence-electron chi connectivity index (χ0n) is 17.0. The molecule has 4 aromatic carbocycles. The molecule has 2 nitrogen and oxygen atoms in total. The summed E-state index contributed by atoms with van der Waals surface area (Å²) >= 11 is 14.2. The van der Waals surface area contributed by atoms with Gasteiger partial charge in [-0.25, -0.2) is 0 Å². The van der Waals surface area contributed by atoms with Crippen molar-refractivity contribution in [2.75, 3.05) is 0 Å². The van der Waals surface area contributed by atoms with Gasteiger partial charge in [-0.2, -0.15) is 0 Å². The maximum Gasteiger partial charge on any atom is 0.137 e. The lowest BCUT2D eigenvalue weighted by Gasteiger charge is -2.27. The minimum atomic E-state index is -1.14. The molecule has 4 aromatic rings. The molecule has 0 bridgehead atoms. The van der Waals surface area contributed by atoms with E-state index in [4.69, 9.17) is 0 Å². The van der Waals surface area contributed by atoms with Gasteiger partial charge in [-0.1, -0.05) is 100.0 Å². The van der Waals surface area contributed by atoms with Gasteiger partial charge in [0.05, 0.1) is 8.95 Å². The van der Waals surface area contributed by atoms with Crippen molar-refractivity contribution in [3.8, 4) is 11.5 Å². The Balaban J connectivity index is 1.93. The van der Waals surface area contributed by atoms with Crippen LogP contribution >= 0.6 is 71.2 Å². The lowest BCUT2D eigenvalue weighted by molar-refractivity contribution is 0.475. The van der Waals surface area contributed by atoms with Crippen LogP contribution in [0.25, 0.3) is 0 Å². The molecule has 0 fully saturated rings. The standard InChI is InChI=1S/C25H17Br4O2PSi/c26-17-11-19(28)23(30)21(13-17)32(22-14-18(27)12-20(29)24(22)31)33-25(15-7-3-1-4-8-15)16-9-5-2-6-10-16/h1-14,25,30-31H. The average molecular weight is 728 g/mol. The molecule has 166 valence electrons. The van der Waals surface area contributed by atoms with Crippen LogP contribution in [0.3, 0.4) is 0 Å². The van der Waals surface area contributed by atoms with Gasteiger partial charge in [-0.15, -0.1) is 0 Å². The molecule has 0 aliphatic rings. The first-order valence-electron chi connectivity index (χ1n) is 9.87. The molecule has 4 rings (SSSR count). The summed E-state index contributed by atoms with van der Waals surface area (Å²) in [5.41, 5.74) is 2.51. The molecule has 0 amide bonds. The highest BCUT2D eigenvalue weighted by molar-refractivity contribution is 9.11. The third-order valence-corrected chi connectivity index (χ3v) is 13.0. The number of hydrogen-bond acceptors (Lipinski definition) is 2. The quantitative estimate of drug-likeness (QED) is 0.156. The van der Waals surface area contributed by atoms with Crippen LogP contribution in [0.4, 0.5) is 0 Å². The van der Waals surface area contributed by atoms with Crippen LogP contribution < -0.4 is 10.6 Å². The molecular formula is C25H17Br4O2PSi. The molecule has 0 unspecified atom stereocenters. The molecule has 33 heavy (non-hydrogen) atoms. The summed E-state index contributed by atoms with van der Waals surface area (Å²) in [6.07, 6.45) is 0. The molecule has 0 spiro atoms. The van der Waals surface area contributed by atoms with E-state index in [9.17, 15) is 10.2 Å². The summed E-state index contributed by atoms with van der Waals surface area (Å²) < 4.78 is 2.97. The van der Waals surface area contributed by atoms with Crippen molar-refractivity contribution in [3.05, 3.63) is 114 Å². The predicted molar refractivity (Wildman–Crippen MR) is 154 cm³/mol. The van der Waals surface area contributed by atoms with Crippen molar-refractivity contribution in [1.82, 2.24) is 0 Å². The van der Waals surface area contributed by atoms with Gasteiger partial charge < -0.3 is 10.2 Å². The first kappa shape index (κ1) is 25.1. The molecule has 0 aliphatic carbocycles. The van der Waals surface area contributed by atoms with Gasteiger partial charge in [-0.05, 0) is 67.3 Å². The number of aromatic hydroxyl groups is 2. The number of benzene rings is 4. The van der Waals surface area contributed by atoms with Crippen molar-refractivity contribution in [1.29, 1.82) is 0 Å². The zero-order chi connectivity index (χ0) is 23.5. The molecular weight excluding hydrogens is 711 g/mol. The van der Waals surface area contributed by atoms with Gasteiger partial charge >= 0.3 is 0 Å². The molecule has 0 aliphatic heterocycles. The van der Waals surface area contributed by atoms with Gasteiger partial charge in [0.25, 0.3) is 0 Å². The van der Waals surface area contributed by atoms with Crippen LogP contribution in [-0.4, -0.2) is 19.4 Å². The SMILES string of the molecule is Oc1c(Br)cc(Br)cc1P([Si]C(c1ccccc1)c1ccccc1)c1cc(Br)cc(Br)c1O. The van der Waals surface area contributed by atoms with Crippen molar-refractivity contribution < 1.29 is 10.2 Å². The lowest BCUT2D eigenvalue weighted by atomic mass is 10.0. The monoisotopic (exact) mass is 724 g/mol. The molecule has 0 saturated heterocycles. The average Bonchev–Trinajstić information content (AvgIpc) is 2.81. The van der Waals surface area contributed by atoms with E-state index in [1.54, 1.807) is 0 Å². The van der Waals surface area contributed by atoms with Gasteiger partial charge in [0.1, 0.15) is 20.7 Å². The van der Waals surface area contributed by atoms with E-state index in [1.807, 2.05) is 36.4 Å². The Hall–Kier alpha value is -0.953. The minimum Gasteiger partial charge on any atom is -0.506 e. The van der Waals surface area contributed by atoms with Gasteiger partial charge in [-0.3, -0.25) is 0 Å². The highest BCUT2D eigenvalue weighted by atomic mass is 79.9. The first-order valence-corrected chi connectivity index (χ1v) is 16.3. The van der Waals surface area contributed by atoms with Crippen molar-refractivity contribution >= 4 is 91.0 Å². The van der Waals surface area contributed by atoms with Crippen LogP contribution in [-0.2, 0) is 0 Å². The van der Waals surface area contributed by atoms with Crippen LogP contribution in [0.1, 0.15) is 16.7 Å². The molecule has 0 aromatic heterocycles. The second-order valence-corrected chi connectivity index (χ2v) is 15.4. The van der Waals surface area contributed by atoms with Gasteiger partial charge in [0, 0.05) is 25.1 Å². The van der Waals surface area contributed by atoms with E-state index in [2.05, 4.69) is 112 Å². The minimum absolute atomic E-state index is 0.104. The van der Waals surface area contributed by atoms with E-state index < -0.39 is 7.47 Å². The third-order valence-electron chi connectivity index (χ3n) is 5.02. The van der Waals surface area contributed by atoms with Crippen LogP contribution in [0.5, 0.6) is 11.5 Å². The highest BCUT2D eigenvalue weighted by Gasteiger charge is 2.29. The third kappa shape index (κ3) is 5.83. The maximum atomic E-state index is 11.1. The van der Waals surface area contributed by atoms with Crippen LogP contribution in [0.15, 0.2) is 103 Å².